The van der Waals surface area contributed by atoms with E-state index in [0.29, 0.717) is 16.5 Å². The molecule has 0 unspecified atom stereocenters. The number of para-hydroxylation sites is 1. The highest BCUT2D eigenvalue weighted by atomic mass is 32.2. The number of carbonyl (C=O) groups excluding carboxylic acids is 1. The summed E-state index contributed by atoms with van der Waals surface area (Å²) in [4.78, 5) is 13.5. The van der Waals surface area contributed by atoms with E-state index in [1.165, 1.54) is 0 Å². The topological polar surface area (TPSA) is 76.4 Å². The SMILES string of the molecule is CC(NC(=O)c1oc2ccccc2c1CS(C)(=O)=O)(c1ccccc1)c1ccccc1. The van der Waals surface area contributed by atoms with Crippen LogP contribution in [0.25, 0.3) is 11.0 Å². The molecule has 1 aromatic heterocycles. The summed E-state index contributed by atoms with van der Waals surface area (Å²) < 4.78 is 30.0. The van der Waals surface area contributed by atoms with Crippen LogP contribution >= 0.6 is 0 Å². The molecular weight excluding hydrogens is 410 g/mol. The molecule has 6 heteroatoms. The van der Waals surface area contributed by atoms with E-state index >= 15 is 0 Å². The van der Waals surface area contributed by atoms with Crippen LogP contribution in [0.5, 0.6) is 0 Å². The van der Waals surface area contributed by atoms with Crippen LogP contribution < -0.4 is 5.32 Å². The van der Waals surface area contributed by atoms with E-state index in [2.05, 4.69) is 5.32 Å². The Hall–Kier alpha value is -3.38. The van der Waals surface area contributed by atoms with Gasteiger partial charge in [0, 0.05) is 17.2 Å². The van der Waals surface area contributed by atoms with Gasteiger partial charge in [0.05, 0.1) is 11.3 Å². The highest BCUT2D eigenvalue weighted by Crippen LogP contribution is 2.32. The van der Waals surface area contributed by atoms with Crippen molar-refractivity contribution < 1.29 is 17.6 Å². The lowest BCUT2D eigenvalue weighted by atomic mass is 9.84. The molecule has 0 atom stereocenters. The zero-order valence-corrected chi connectivity index (χ0v) is 18.1. The standard InChI is InChI=1S/C25H23NO4S/c1-25(18-11-5-3-6-12-18,19-13-7-4-8-14-19)26-24(27)23-21(17-31(2,28)29)20-15-9-10-16-22(20)30-23/h3-16H,17H2,1-2H3,(H,26,27). The van der Waals surface area contributed by atoms with Gasteiger partial charge in [-0.1, -0.05) is 78.9 Å². The summed E-state index contributed by atoms with van der Waals surface area (Å²) in [6, 6.07) is 26.4. The molecule has 0 saturated heterocycles. The molecule has 158 valence electrons. The largest absolute Gasteiger partial charge is 0.451 e. The van der Waals surface area contributed by atoms with Gasteiger partial charge in [-0.15, -0.1) is 0 Å². The van der Waals surface area contributed by atoms with Crippen LogP contribution in [0.15, 0.2) is 89.3 Å². The van der Waals surface area contributed by atoms with Crippen LogP contribution in [0.4, 0.5) is 0 Å². The third-order valence-corrected chi connectivity index (χ3v) is 6.19. The molecular formula is C25H23NO4S. The Morgan fingerprint density at radius 1 is 0.871 bits per heavy atom. The third kappa shape index (κ3) is 4.25. The Labute approximate surface area is 181 Å². The lowest BCUT2D eigenvalue weighted by Crippen LogP contribution is -2.44. The highest BCUT2D eigenvalue weighted by Gasteiger charge is 2.33. The average Bonchev–Trinajstić information content (AvgIpc) is 3.12. The van der Waals surface area contributed by atoms with Gasteiger partial charge >= 0.3 is 0 Å². The van der Waals surface area contributed by atoms with E-state index in [9.17, 15) is 13.2 Å². The smallest absolute Gasteiger partial charge is 0.288 e. The number of amides is 1. The minimum atomic E-state index is -3.38. The molecule has 4 aromatic rings. The number of hydrogen-bond acceptors (Lipinski definition) is 4. The molecule has 0 saturated carbocycles. The molecule has 0 aliphatic rings. The van der Waals surface area contributed by atoms with Gasteiger partial charge in [0.25, 0.3) is 5.91 Å². The second-order valence-electron chi connectivity index (χ2n) is 7.79. The van der Waals surface area contributed by atoms with Crippen LogP contribution in [-0.4, -0.2) is 20.6 Å². The molecule has 3 aromatic carbocycles. The normalized spacial score (nSPS) is 12.1. The molecule has 0 aliphatic heterocycles. The predicted molar refractivity (Wildman–Crippen MR) is 122 cm³/mol. The summed E-state index contributed by atoms with van der Waals surface area (Å²) in [7, 11) is -3.38. The Kier molecular flexibility index (Phi) is 5.41. The minimum Gasteiger partial charge on any atom is -0.451 e. The third-order valence-electron chi connectivity index (χ3n) is 5.38. The molecule has 1 heterocycles. The monoisotopic (exact) mass is 433 g/mol. The Morgan fingerprint density at radius 2 is 1.39 bits per heavy atom. The van der Waals surface area contributed by atoms with E-state index in [1.54, 1.807) is 24.3 Å². The fourth-order valence-electron chi connectivity index (χ4n) is 3.83. The second-order valence-corrected chi connectivity index (χ2v) is 9.93. The quantitative estimate of drug-likeness (QED) is 0.479. The molecule has 1 amide bonds. The van der Waals surface area contributed by atoms with Gasteiger partial charge in [-0.2, -0.15) is 0 Å². The van der Waals surface area contributed by atoms with E-state index in [-0.39, 0.29) is 11.5 Å². The zero-order valence-electron chi connectivity index (χ0n) is 17.3. The van der Waals surface area contributed by atoms with Crippen molar-refractivity contribution in [2.45, 2.75) is 18.2 Å². The van der Waals surface area contributed by atoms with Gasteiger partial charge in [0.1, 0.15) is 5.58 Å². The van der Waals surface area contributed by atoms with Gasteiger partial charge < -0.3 is 9.73 Å². The van der Waals surface area contributed by atoms with Crippen molar-refractivity contribution in [3.05, 3.63) is 107 Å². The fraction of sp³-hybridized carbons (Fsp3) is 0.160. The maximum atomic E-state index is 13.5. The molecule has 0 radical (unpaired) electrons. The van der Waals surface area contributed by atoms with Crippen LogP contribution in [0.3, 0.4) is 0 Å². The van der Waals surface area contributed by atoms with Gasteiger partial charge in [-0.3, -0.25) is 4.79 Å². The van der Waals surface area contributed by atoms with Crippen molar-refractivity contribution in [1.29, 1.82) is 0 Å². The predicted octanol–water partition coefficient (Wildman–Crippen LogP) is 4.67. The molecule has 0 aliphatic carbocycles. The summed E-state index contributed by atoms with van der Waals surface area (Å²) in [5.74, 6) is -0.727. The first kappa shape index (κ1) is 20.9. The molecule has 0 bridgehead atoms. The average molecular weight is 434 g/mol. The van der Waals surface area contributed by atoms with Crippen molar-refractivity contribution in [3.63, 3.8) is 0 Å². The lowest BCUT2D eigenvalue weighted by molar-refractivity contribution is 0.0892. The summed E-state index contributed by atoms with van der Waals surface area (Å²) in [6.07, 6.45) is 1.15. The second kappa shape index (κ2) is 8.04. The lowest BCUT2D eigenvalue weighted by Gasteiger charge is -2.32. The number of rotatable bonds is 6. The summed E-state index contributed by atoms with van der Waals surface area (Å²) in [6.45, 7) is 1.93. The number of carbonyl (C=O) groups is 1. The Morgan fingerprint density at radius 3 is 1.94 bits per heavy atom. The molecule has 5 nitrogen and oxygen atoms in total. The van der Waals surface area contributed by atoms with Crippen LogP contribution in [-0.2, 0) is 21.1 Å². The van der Waals surface area contributed by atoms with Gasteiger partial charge in [0.15, 0.2) is 15.6 Å². The van der Waals surface area contributed by atoms with E-state index in [4.69, 9.17) is 4.42 Å². The summed E-state index contributed by atoms with van der Waals surface area (Å²) in [5, 5.41) is 3.73. The summed E-state index contributed by atoms with van der Waals surface area (Å²) >= 11 is 0. The number of fused-ring (bicyclic) bond motifs is 1. The first-order chi connectivity index (χ1) is 14.8. The van der Waals surface area contributed by atoms with Crippen molar-refractivity contribution >= 4 is 26.7 Å². The maximum Gasteiger partial charge on any atom is 0.288 e. The van der Waals surface area contributed by atoms with Crippen LogP contribution in [0.2, 0.25) is 0 Å². The number of nitrogens with one attached hydrogen (secondary N) is 1. The minimum absolute atomic E-state index is 0.0183. The number of hydrogen-bond donors (Lipinski definition) is 1. The molecule has 31 heavy (non-hydrogen) atoms. The van der Waals surface area contributed by atoms with E-state index in [1.807, 2.05) is 67.6 Å². The summed E-state index contributed by atoms with van der Waals surface area (Å²) in [5.41, 5.74) is 1.80. The van der Waals surface area contributed by atoms with Crippen molar-refractivity contribution in [1.82, 2.24) is 5.32 Å². The Bertz CT molecular complexity index is 1290. The van der Waals surface area contributed by atoms with Gasteiger partial charge in [-0.25, -0.2) is 8.42 Å². The first-order valence-electron chi connectivity index (χ1n) is 9.89. The van der Waals surface area contributed by atoms with E-state index in [0.717, 1.165) is 17.4 Å². The number of sulfone groups is 1. The number of benzene rings is 3. The van der Waals surface area contributed by atoms with Crippen LogP contribution in [0.1, 0.15) is 34.2 Å². The van der Waals surface area contributed by atoms with Gasteiger partial charge in [0.2, 0.25) is 0 Å². The fourth-order valence-corrected chi connectivity index (χ4v) is 4.64. The molecule has 0 spiro atoms. The Balaban J connectivity index is 1.82. The first-order valence-corrected chi connectivity index (χ1v) is 12.0. The van der Waals surface area contributed by atoms with Crippen molar-refractivity contribution in [2.24, 2.45) is 0 Å². The molecule has 1 N–H and O–H groups in total. The van der Waals surface area contributed by atoms with E-state index < -0.39 is 21.3 Å². The highest BCUT2D eigenvalue weighted by molar-refractivity contribution is 7.89. The maximum absolute atomic E-state index is 13.5. The van der Waals surface area contributed by atoms with Gasteiger partial charge in [-0.05, 0) is 24.1 Å². The zero-order chi connectivity index (χ0) is 22.1. The van der Waals surface area contributed by atoms with Crippen molar-refractivity contribution in [2.75, 3.05) is 6.26 Å². The molecule has 4 rings (SSSR count). The molecule has 0 fully saturated rings. The van der Waals surface area contributed by atoms with Crippen molar-refractivity contribution in [3.8, 4) is 0 Å². The van der Waals surface area contributed by atoms with Crippen LogP contribution in [0, 0.1) is 0 Å². The number of furan rings is 1.